The van der Waals surface area contributed by atoms with Gasteiger partial charge in [0.15, 0.2) is 9.84 Å². The average molecular weight is 329 g/mol. The lowest BCUT2D eigenvalue weighted by Gasteiger charge is -2.12. The first-order valence-electron chi connectivity index (χ1n) is 6.02. The van der Waals surface area contributed by atoms with Crippen molar-refractivity contribution in [1.82, 2.24) is 14.7 Å². The highest BCUT2D eigenvalue weighted by atomic mass is 32.2. The maximum Gasteiger partial charge on any atom is 0.241 e. The van der Waals surface area contributed by atoms with E-state index in [1.165, 1.54) is 30.5 Å². The van der Waals surface area contributed by atoms with Crippen LogP contribution >= 0.6 is 0 Å². The molecule has 2 N–H and O–H groups in total. The molecule has 0 aliphatic carbocycles. The molecule has 0 aliphatic heterocycles. The van der Waals surface area contributed by atoms with E-state index in [9.17, 15) is 16.8 Å². The number of sulfone groups is 1. The van der Waals surface area contributed by atoms with Crippen molar-refractivity contribution in [2.45, 2.75) is 22.8 Å². The fourth-order valence-corrected chi connectivity index (χ4v) is 3.57. The minimum absolute atomic E-state index is 0.00620. The van der Waals surface area contributed by atoms with Gasteiger partial charge in [-0.2, -0.15) is 0 Å². The first-order chi connectivity index (χ1) is 9.70. The number of hydrogen-bond acceptors (Lipinski definition) is 5. The normalized spacial score (nSPS) is 14.0. The van der Waals surface area contributed by atoms with E-state index in [0.717, 1.165) is 6.26 Å². The van der Waals surface area contributed by atoms with Gasteiger partial charge in [0, 0.05) is 18.6 Å². The third kappa shape index (κ3) is 3.69. The Morgan fingerprint density at radius 3 is 2.14 bits per heavy atom. The Morgan fingerprint density at radius 1 is 1.10 bits per heavy atom. The zero-order valence-corrected chi connectivity index (χ0v) is 13.1. The van der Waals surface area contributed by atoms with Crippen molar-refractivity contribution < 1.29 is 16.8 Å². The van der Waals surface area contributed by atoms with E-state index in [1.807, 2.05) is 0 Å². The van der Waals surface area contributed by atoms with E-state index in [0.29, 0.717) is 5.82 Å². The highest BCUT2D eigenvalue weighted by Gasteiger charge is 2.20. The molecule has 0 spiro atoms. The topological polar surface area (TPSA) is 109 Å². The van der Waals surface area contributed by atoms with Gasteiger partial charge in [-0.15, -0.1) is 0 Å². The van der Waals surface area contributed by atoms with Gasteiger partial charge < -0.3 is 4.98 Å². The largest absolute Gasteiger partial charge is 0.347 e. The number of imidazole rings is 1. The summed E-state index contributed by atoms with van der Waals surface area (Å²) in [5.41, 5.74) is 0. The molecule has 0 bridgehead atoms. The standard InChI is InChI=1S/C12H15N3O4S2/c1-9(12-13-7-8-14-12)15-21(18,19)11-5-3-10(4-6-11)20(2,16)17/h3-9,15H,1-2H3,(H,13,14). The first kappa shape index (κ1) is 15.7. The summed E-state index contributed by atoms with van der Waals surface area (Å²) in [4.78, 5) is 6.86. The molecule has 0 amide bonds. The molecule has 0 fully saturated rings. The molecule has 1 aromatic heterocycles. The summed E-state index contributed by atoms with van der Waals surface area (Å²) in [5.74, 6) is 0.492. The van der Waals surface area contributed by atoms with Crippen molar-refractivity contribution in [2.24, 2.45) is 0 Å². The third-order valence-electron chi connectivity index (χ3n) is 2.82. The summed E-state index contributed by atoms with van der Waals surface area (Å²) in [6, 6.07) is 4.52. The van der Waals surface area contributed by atoms with Crippen molar-refractivity contribution in [3.8, 4) is 0 Å². The Bertz CT molecular complexity index is 810. The number of aromatic amines is 1. The lowest BCUT2D eigenvalue weighted by atomic mass is 10.3. The smallest absolute Gasteiger partial charge is 0.241 e. The van der Waals surface area contributed by atoms with E-state index < -0.39 is 25.9 Å². The van der Waals surface area contributed by atoms with E-state index in [1.54, 1.807) is 13.1 Å². The van der Waals surface area contributed by atoms with Crippen LogP contribution in [0.25, 0.3) is 0 Å². The van der Waals surface area contributed by atoms with Crippen LogP contribution < -0.4 is 4.72 Å². The monoisotopic (exact) mass is 329 g/mol. The maximum absolute atomic E-state index is 12.2. The van der Waals surface area contributed by atoms with Crippen LogP contribution in [0.2, 0.25) is 0 Å². The molecular formula is C12H15N3O4S2. The van der Waals surface area contributed by atoms with Gasteiger partial charge in [-0.25, -0.2) is 26.5 Å². The molecular weight excluding hydrogens is 314 g/mol. The van der Waals surface area contributed by atoms with Crippen LogP contribution in [0.4, 0.5) is 0 Å². The molecule has 0 aliphatic rings. The van der Waals surface area contributed by atoms with E-state index >= 15 is 0 Å². The van der Waals surface area contributed by atoms with E-state index in [-0.39, 0.29) is 9.79 Å². The van der Waals surface area contributed by atoms with Gasteiger partial charge >= 0.3 is 0 Å². The number of nitrogens with one attached hydrogen (secondary N) is 2. The van der Waals surface area contributed by atoms with Crippen molar-refractivity contribution >= 4 is 19.9 Å². The molecule has 1 unspecified atom stereocenters. The number of benzene rings is 1. The molecule has 9 heteroatoms. The van der Waals surface area contributed by atoms with Crippen LogP contribution in [0, 0.1) is 0 Å². The molecule has 1 heterocycles. The summed E-state index contributed by atoms with van der Waals surface area (Å²) >= 11 is 0. The van der Waals surface area contributed by atoms with Crippen molar-refractivity contribution in [3.63, 3.8) is 0 Å². The van der Waals surface area contributed by atoms with E-state index in [4.69, 9.17) is 0 Å². The number of hydrogen-bond donors (Lipinski definition) is 2. The minimum Gasteiger partial charge on any atom is -0.347 e. The number of H-pyrrole nitrogens is 1. The van der Waals surface area contributed by atoms with Gasteiger partial charge in [0.25, 0.3) is 0 Å². The maximum atomic E-state index is 12.2. The Morgan fingerprint density at radius 2 is 1.67 bits per heavy atom. The summed E-state index contributed by atoms with van der Waals surface area (Å²) < 4.78 is 49.6. The van der Waals surface area contributed by atoms with Crippen molar-refractivity contribution in [3.05, 3.63) is 42.5 Å². The minimum atomic E-state index is -3.75. The third-order valence-corrected chi connectivity index (χ3v) is 5.51. The van der Waals surface area contributed by atoms with Crippen molar-refractivity contribution in [1.29, 1.82) is 0 Å². The molecule has 114 valence electrons. The fourth-order valence-electron chi connectivity index (χ4n) is 1.74. The van der Waals surface area contributed by atoms with Gasteiger partial charge in [0.1, 0.15) is 5.82 Å². The van der Waals surface area contributed by atoms with Gasteiger partial charge in [-0.3, -0.25) is 0 Å². The van der Waals surface area contributed by atoms with Gasteiger partial charge in [-0.1, -0.05) is 0 Å². The summed E-state index contributed by atoms with van der Waals surface area (Å²) in [6.07, 6.45) is 4.19. The Labute approximate surface area is 123 Å². The van der Waals surface area contributed by atoms with Gasteiger partial charge in [0.2, 0.25) is 10.0 Å². The number of rotatable bonds is 5. The first-order valence-corrected chi connectivity index (χ1v) is 9.39. The van der Waals surface area contributed by atoms with Crippen LogP contribution in [0.3, 0.4) is 0 Å². The molecule has 2 aromatic rings. The fraction of sp³-hybridized carbons (Fsp3) is 0.250. The second kappa shape index (κ2) is 5.58. The predicted octanol–water partition coefficient (Wildman–Crippen LogP) is 0.853. The SMILES string of the molecule is CC(NS(=O)(=O)c1ccc(S(C)(=O)=O)cc1)c1ncc[nH]1. The van der Waals surface area contributed by atoms with Crippen LogP contribution in [-0.4, -0.2) is 33.1 Å². The summed E-state index contributed by atoms with van der Waals surface area (Å²) in [7, 11) is -7.11. The average Bonchev–Trinajstić information content (AvgIpc) is 2.91. The zero-order valence-electron chi connectivity index (χ0n) is 11.4. The van der Waals surface area contributed by atoms with Crippen molar-refractivity contribution in [2.75, 3.05) is 6.26 Å². The quantitative estimate of drug-likeness (QED) is 0.845. The zero-order chi connectivity index (χ0) is 15.7. The highest BCUT2D eigenvalue weighted by Crippen LogP contribution is 2.17. The summed E-state index contributed by atoms with van der Waals surface area (Å²) in [5, 5.41) is 0. The molecule has 0 saturated carbocycles. The molecule has 1 atom stereocenters. The number of aromatic nitrogens is 2. The second-order valence-corrected chi connectivity index (χ2v) is 8.29. The molecule has 2 rings (SSSR count). The van der Waals surface area contributed by atoms with E-state index in [2.05, 4.69) is 14.7 Å². The second-order valence-electron chi connectivity index (χ2n) is 4.56. The molecule has 7 nitrogen and oxygen atoms in total. The molecule has 0 saturated heterocycles. The highest BCUT2D eigenvalue weighted by molar-refractivity contribution is 7.90. The number of sulfonamides is 1. The molecule has 1 aromatic carbocycles. The molecule has 0 radical (unpaired) electrons. The van der Waals surface area contributed by atoms with Gasteiger partial charge in [0.05, 0.1) is 15.8 Å². The van der Waals surface area contributed by atoms with Gasteiger partial charge in [-0.05, 0) is 31.2 Å². The van der Waals surface area contributed by atoms with Crippen LogP contribution in [0.1, 0.15) is 18.8 Å². The predicted molar refractivity (Wildman–Crippen MR) is 76.9 cm³/mol. The van der Waals surface area contributed by atoms with Crippen LogP contribution in [-0.2, 0) is 19.9 Å². The Balaban J connectivity index is 2.24. The Hall–Kier alpha value is -1.71. The lowest BCUT2D eigenvalue weighted by Crippen LogP contribution is -2.27. The van der Waals surface area contributed by atoms with Crippen LogP contribution in [0.5, 0.6) is 0 Å². The molecule has 21 heavy (non-hydrogen) atoms. The lowest BCUT2D eigenvalue weighted by molar-refractivity contribution is 0.561. The summed E-state index contributed by atoms with van der Waals surface area (Å²) in [6.45, 7) is 1.65. The number of nitrogens with zero attached hydrogens (tertiary/aromatic N) is 1. The van der Waals surface area contributed by atoms with Crippen LogP contribution in [0.15, 0.2) is 46.5 Å². The Kier molecular flexibility index (Phi) is 4.17.